The molecular weight excluding hydrogens is 426 g/mol. The quantitative estimate of drug-likeness (QED) is 0.318. The highest BCUT2D eigenvalue weighted by atomic mass is 32.2. The van der Waals surface area contributed by atoms with Crippen LogP contribution in [0, 0.1) is 10.1 Å². The molecule has 156 valence electrons. The Bertz CT molecular complexity index is 990. The molecule has 0 fully saturated rings. The molecule has 2 rings (SSSR count). The van der Waals surface area contributed by atoms with Crippen molar-refractivity contribution in [3.05, 3.63) is 45.8 Å². The molecule has 0 aliphatic heterocycles. The van der Waals surface area contributed by atoms with Crippen molar-refractivity contribution in [3.8, 4) is 5.75 Å². The van der Waals surface area contributed by atoms with Crippen LogP contribution in [0.2, 0.25) is 0 Å². The van der Waals surface area contributed by atoms with Gasteiger partial charge in [0.05, 0.1) is 30.2 Å². The van der Waals surface area contributed by atoms with Gasteiger partial charge in [-0.1, -0.05) is 6.07 Å². The topological polar surface area (TPSA) is 154 Å². The van der Waals surface area contributed by atoms with Crippen LogP contribution in [0.5, 0.6) is 5.75 Å². The second kappa shape index (κ2) is 9.95. The average Bonchev–Trinajstić information content (AvgIpc) is 3.22. The maximum atomic E-state index is 11.9. The number of carbonyl (C=O) groups excluding carboxylic acids is 2. The molecule has 2 N–H and O–H groups in total. The van der Waals surface area contributed by atoms with Crippen molar-refractivity contribution in [2.45, 2.75) is 10.6 Å². The maximum absolute atomic E-state index is 11.9. The largest absolute Gasteiger partial charge is 0.494 e. The average molecular weight is 443 g/mol. The molecule has 1 heterocycles. The van der Waals surface area contributed by atoms with Crippen LogP contribution >= 0.6 is 11.3 Å². The lowest BCUT2D eigenvalue weighted by atomic mass is 10.2. The molecule has 1 aromatic heterocycles. The Labute approximate surface area is 169 Å². The number of amides is 1. The van der Waals surface area contributed by atoms with Gasteiger partial charge >= 0.3 is 5.97 Å². The van der Waals surface area contributed by atoms with E-state index in [4.69, 9.17) is 9.47 Å². The number of hydrogen-bond acceptors (Lipinski definition) is 9. The summed E-state index contributed by atoms with van der Waals surface area (Å²) in [6.07, 6.45) is -0.265. The standard InChI is InChI=1S/C16H17N3O8S2/c1-26-13-9-11(19(22)23)4-5-12(13)18-14(20)10-27-15(21)6-7-17-29(24,25)16-3-2-8-28-16/h2-5,8-9,17H,6-7,10H2,1H3,(H,18,20). The fourth-order valence-electron chi connectivity index (χ4n) is 2.08. The summed E-state index contributed by atoms with van der Waals surface area (Å²) < 4.78 is 36.0. The first kappa shape index (κ1) is 22.3. The van der Waals surface area contributed by atoms with Gasteiger partial charge in [-0.15, -0.1) is 11.3 Å². The molecule has 0 radical (unpaired) electrons. The number of carbonyl (C=O) groups is 2. The summed E-state index contributed by atoms with van der Waals surface area (Å²) in [5.74, 6) is -1.39. The highest BCUT2D eigenvalue weighted by molar-refractivity contribution is 7.91. The molecule has 0 unspecified atom stereocenters. The SMILES string of the molecule is COc1cc([N+](=O)[O-])ccc1NC(=O)COC(=O)CCNS(=O)(=O)c1cccs1. The van der Waals surface area contributed by atoms with Crippen molar-refractivity contribution < 1.29 is 32.4 Å². The predicted octanol–water partition coefficient (Wildman–Crippen LogP) is 1.52. The van der Waals surface area contributed by atoms with E-state index in [9.17, 15) is 28.1 Å². The summed E-state index contributed by atoms with van der Waals surface area (Å²) >= 11 is 1.04. The third-order valence-electron chi connectivity index (χ3n) is 3.42. The van der Waals surface area contributed by atoms with Gasteiger partial charge in [0.15, 0.2) is 6.61 Å². The van der Waals surface area contributed by atoms with E-state index < -0.39 is 33.4 Å². The minimum absolute atomic E-state index is 0.0712. The minimum Gasteiger partial charge on any atom is -0.494 e. The van der Waals surface area contributed by atoms with Crippen LogP contribution in [-0.2, 0) is 24.3 Å². The Balaban J connectivity index is 1.79. The number of anilines is 1. The number of benzene rings is 1. The van der Waals surface area contributed by atoms with Crippen molar-refractivity contribution in [2.75, 3.05) is 25.6 Å². The number of non-ortho nitro benzene ring substituents is 1. The number of nitrogens with one attached hydrogen (secondary N) is 2. The summed E-state index contributed by atoms with van der Waals surface area (Å²) in [6, 6.07) is 6.63. The Morgan fingerprint density at radius 1 is 1.28 bits per heavy atom. The van der Waals surface area contributed by atoms with E-state index in [0.717, 1.165) is 17.4 Å². The van der Waals surface area contributed by atoms with Crippen molar-refractivity contribution in [1.29, 1.82) is 0 Å². The molecule has 0 saturated heterocycles. The zero-order valence-corrected chi connectivity index (χ0v) is 16.7. The van der Waals surface area contributed by atoms with Gasteiger partial charge in [-0.25, -0.2) is 13.1 Å². The molecule has 1 amide bonds. The first-order chi connectivity index (χ1) is 13.7. The molecule has 0 atom stereocenters. The van der Waals surface area contributed by atoms with Crippen LogP contribution in [0.15, 0.2) is 39.9 Å². The van der Waals surface area contributed by atoms with Gasteiger partial charge in [0.25, 0.3) is 11.6 Å². The van der Waals surface area contributed by atoms with E-state index >= 15 is 0 Å². The van der Waals surface area contributed by atoms with Gasteiger partial charge in [-0.2, -0.15) is 0 Å². The van der Waals surface area contributed by atoms with Crippen LogP contribution in [0.25, 0.3) is 0 Å². The highest BCUT2D eigenvalue weighted by Gasteiger charge is 2.17. The van der Waals surface area contributed by atoms with Gasteiger partial charge in [0.2, 0.25) is 10.0 Å². The number of thiophene rings is 1. The second-order valence-electron chi connectivity index (χ2n) is 5.43. The van der Waals surface area contributed by atoms with Crippen LogP contribution in [-0.4, -0.2) is 45.5 Å². The van der Waals surface area contributed by atoms with Crippen molar-refractivity contribution in [3.63, 3.8) is 0 Å². The molecule has 13 heteroatoms. The maximum Gasteiger partial charge on any atom is 0.307 e. The van der Waals surface area contributed by atoms with E-state index in [1.807, 2.05) is 0 Å². The van der Waals surface area contributed by atoms with E-state index in [2.05, 4.69) is 10.0 Å². The number of nitro benzene ring substituents is 1. The van der Waals surface area contributed by atoms with Crippen LogP contribution in [0.3, 0.4) is 0 Å². The van der Waals surface area contributed by atoms with Crippen LogP contribution in [0.4, 0.5) is 11.4 Å². The summed E-state index contributed by atoms with van der Waals surface area (Å²) in [5.41, 5.74) is -0.0425. The van der Waals surface area contributed by atoms with Crippen LogP contribution < -0.4 is 14.8 Å². The zero-order chi connectivity index (χ0) is 21.4. The normalized spacial score (nSPS) is 10.9. The zero-order valence-electron chi connectivity index (χ0n) is 15.1. The number of ether oxygens (including phenoxy) is 2. The highest BCUT2D eigenvalue weighted by Crippen LogP contribution is 2.28. The number of rotatable bonds is 10. The smallest absolute Gasteiger partial charge is 0.307 e. The number of esters is 1. The minimum atomic E-state index is -3.68. The Morgan fingerprint density at radius 3 is 2.66 bits per heavy atom. The molecule has 0 aliphatic carbocycles. The third kappa shape index (κ3) is 6.51. The van der Waals surface area contributed by atoms with E-state index in [0.29, 0.717) is 0 Å². The molecule has 29 heavy (non-hydrogen) atoms. The second-order valence-corrected chi connectivity index (χ2v) is 8.37. The molecule has 0 bridgehead atoms. The predicted molar refractivity (Wildman–Crippen MR) is 103 cm³/mol. The Morgan fingerprint density at radius 2 is 2.03 bits per heavy atom. The van der Waals surface area contributed by atoms with Gasteiger partial charge in [-0.3, -0.25) is 19.7 Å². The first-order valence-electron chi connectivity index (χ1n) is 8.04. The fourth-order valence-corrected chi connectivity index (χ4v) is 4.15. The summed E-state index contributed by atoms with van der Waals surface area (Å²) in [5, 5.41) is 14.8. The van der Waals surface area contributed by atoms with Crippen molar-refractivity contribution >= 4 is 44.6 Å². The molecule has 0 spiro atoms. The van der Waals surface area contributed by atoms with E-state index in [-0.39, 0.29) is 34.3 Å². The third-order valence-corrected chi connectivity index (χ3v) is 6.27. The van der Waals surface area contributed by atoms with Gasteiger partial charge < -0.3 is 14.8 Å². The van der Waals surface area contributed by atoms with Gasteiger partial charge in [0.1, 0.15) is 9.96 Å². The van der Waals surface area contributed by atoms with E-state index in [1.54, 1.807) is 11.4 Å². The van der Waals surface area contributed by atoms with Crippen LogP contribution in [0.1, 0.15) is 6.42 Å². The number of nitro groups is 1. The summed E-state index contributed by atoms with van der Waals surface area (Å²) in [6.45, 7) is -0.798. The lowest BCUT2D eigenvalue weighted by Gasteiger charge is -2.10. The molecule has 2 aromatic rings. The van der Waals surface area contributed by atoms with Gasteiger partial charge in [-0.05, 0) is 17.5 Å². The number of methoxy groups -OCH3 is 1. The molecule has 11 nitrogen and oxygen atoms in total. The Hall–Kier alpha value is -3.03. The summed E-state index contributed by atoms with van der Waals surface area (Å²) in [4.78, 5) is 33.7. The number of hydrogen-bond donors (Lipinski definition) is 2. The number of nitrogens with zero attached hydrogens (tertiary/aromatic N) is 1. The summed E-state index contributed by atoms with van der Waals surface area (Å²) in [7, 11) is -2.40. The molecule has 0 saturated carbocycles. The van der Waals surface area contributed by atoms with Gasteiger partial charge in [0, 0.05) is 12.6 Å². The van der Waals surface area contributed by atoms with Crippen molar-refractivity contribution in [1.82, 2.24) is 4.72 Å². The monoisotopic (exact) mass is 443 g/mol. The number of sulfonamides is 1. The fraction of sp³-hybridized carbons (Fsp3) is 0.250. The molecule has 1 aromatic carbocycles. The molecule has 0 aliphatic rings. The Kier molecular flexibility index (Phi) is 7.64. The van der Waals surface area contributed by atoms with E-state index in [1.165, 1.54) is 25.3 Å². The lowest BCUT2D eigenvalue weighted by molar-refractivity contribution is -0.384. The lowest BCUT2D eigenvalue weighted by Crippen LogP contribution is -2.27. The van der Waals surface area contributed by atoms with Crippen molar-refractivity contribution in [2.24, 2.45) is 0 Å². The molecular formula is C16H17N3O8S2. The first-order valence-corrected chi connectivity index (χ1v) is 10.4.